The number of ether oxygens (including phenoxy) is 2. The van der Waals surface area contributed by atoms with Gasteiger partial charge in [-0.05, 0) is 0 Å². The smallest absolute Gasteiger partial charge is 0.202 e. The molecule has 0 spiro atoms. The van der Waals surface area contributed by atoms with E-state index in [1.165, 1.54) is 6.33 Å². The van der Waals surface area contributed by atoms with Gasteiger partial charge in [0.1, 0.15) is 12.2 Å². The Bertz CT molecular complexity index is 464. The second-order valence-corrected chi connectivity index (χ2v) is 3.92. The zero-order chi connectivity index (χ0) is 11.6. The molecule has 0 radical (unpaired) electrons. The van der Waals surface area contributed by atoms with Crippen molar-refractivity contribution in [1.82, 2.24) is 15.2 Å². The minimum absolute atomic E-state index is 0.539. The predicted octanol–water partition coefficient (Wildman–Crippen LogP) is 1.25. The zero-order valence-electron chi connectivity index (χ0n) is 9.30. The van der Waals surface area contributed by atoms with E-state index in [0.29, 0.717) is 19.6 Å². The fourth-order valence-corrected chi connectivity index (χ4v) is 2.05. The third-order valence-electron chi connectivity index (χ3n) is 2.83. The third kappa shape index (κ3) is 1.94. The largest absolute Gasteiger partial charge is 0.343 e. The van der Waals surface area contributed by atoms with Crippen LogP contribution in [0.4, 0.5) is 0 Å². The molecule has 2 heterocycles. The number of hydrogen-bond acceptors (Lipinski definition) is 4. The Kier molecular flexibility index (Phi) is 2.62. The number of aromatic amines is 1. The Labute approximate surface area is 98.8 Å². The van der Waals surface area contributed by atoms with Gasteiger partial charge in [0.2, 0.25) is 5.79 Å². The van der Waals surface area contributed by atoms with Gasteiger partial charge in [-0.3, -0.25) is 5.10 Å². The molecule has 1 aromatic heterocycles. The second-order valence-electron chi connectivity index (χ2n) is 3.92. The first-order valence-corrected chi connectivity index (χ1v) is 5.57. The van der Waals surface area contributed by atoms with E-state index in [9.17, 15) is 0 Å². The van der Waals surface area contributed by atoms with Crippen LogP contribution in [-0.2, 0) is 21.7 Å². The summed E-state index contributed by atoms with van der Waals surface area (Å²) in [5, 5.41) is 6.68. The summed E-state index contributed by atoms with van der Waals surface area (Å²) in [6.07, 6.45) is 2.03. The first-order valence-electron chi connectivity index (χ1n) is 5.57. The molecule has 0 saturated carbocycles. The molecule has 1 aromatic carbocycles. The Morgan fingerprint density at radius 3 is 2.59 bits per heavy atom. The van der Waals surface area contributed by atoms with Gasteiger partial charge in [-0.2, -0.15) is 5.10 Å². The highest BCUT2D eigenvalue weighted by molar-refractivity contribution is 5.22. The van der Waals surface area contributed by atoms with Crippen LogP contribution in [0.2, 0.25) is 0 Å². The lowest BCUT2D eigenvalue weighted by Crippen LogP contribution is -2.30. The van der Waals surface area contributed by atoms with E-state index in [0.717, 1.165) is 11.4 Å². The van der Waals surface area contributed by atoms with Crippen LogP contribution in [0.25, 0.3) is 0 Å². The lowest BCUT2D eigenvalue weighted by Gasteiger charge is -2.26. The van der Waals surface area contributed by atoms with Crippen molar-refractivity contribution in [3.05, 3.63) is 48.0 Å². The van der Waals surface area contributed by atoms with Crippen molar-refractivity contribution >= 4 is 0 Å². The van der Waals surface area contributed by atoms with Gasteiger partial charge in [0, 0.05) is 5.56 Å². The van der Waals surface area contributed by atoms with E-state index in [1.807, 2.05) is 30.3 Å². The van der Waals surface area contributed by atoms with Crippen molar-refractivity contribution in [3.8, 4) is 0 Å². The Hall–Kier alpha value is -1.72. The average Bonchev–Trinajstić information content (AvgIpc) is 3.03. The van der Waals surface area contributed by atoms with Crippen LogP contribution in [0, 0.1) is 0 Å². The number of nitrogens with zero attached hydrogens (tertiary/aromatic N) is 2. The molecule has 0 bridgehead atoms. The van der Waals surface area contributed by atoms with Crippen molar-refractivity contribution in [3.63, 3.8) is 0 Å². The maximum atomic E-state index is 5.79. The van der Waals surface area contributed by atoms with E-state index >= 15 is 0 Å². The summed E-state index contributed by atoms with van der Waals surface area (Å²) in [5.74, 6) is 0.0385. The van der Waals surface area contributed by atoms with Crippen molar-refractivity contribution < 1.29 is 9.47 Å². The summed E-state index contributed by atoms with van der Waals surface area (Å²) in [7, 11) is 0. The topological polar surface area (TPSA) is 60.0 Å². The highest BCUT2D eigenvalue weighted by Gasteiger charge is 2.39. The molecule has 1 aliphatic heterocycles. The maximum absolute atomic E-state index is 5.79. The number of H-pyrrole nitrogens is 1. The second kappa shape index (κ2) is 4.27. The molecule has 3 rings (SSSR count). The van der Waals surface area contributed by atoms with Gasteiger partial charge in [0.05, 0.1) is 19.6 Å². The molecule has 1 fully saturated rings. The zero-order valence-corrected chi connectivity index (χ0v) is 9.30. The van der Waals surface area contributed by atoms with E-state index in [-0.39, 0.29) is 0 Å². The summed E-state index contributed by atoms with van der Waals surface area (Å²) < 4.78 is 11.6. The summed E-state index contributed by atoms with van der Waals surface area (Å²) >= 11 is 0. The predicted molar refractivity (Wildman–Crippen MR) is 60.1 cm³/mol. The molecular weight excluding hydrogens is 218 g/mol. The minimum Gasteiger partial charge on any atom is -0.343 e. The maximum Gasteiger partial charge on any atom is 0.202 e. The number of nitrogens with one attached hydrogen (secondary N) is 1. The fraction of sp³-hybridized carbons (Fsp3) is 0.333. The van der Waals surface area contributed by atoms with Crippen LogP contribution in [-0.4, -0.2) is 28.4 Å². The Morgan fingerprint density at radius 2 is 1.94 bits per heavy atom. The molecule has 0 atom stereocenters. The monoisotopic (exact) mass is 231 g/mol. The van der Waals surface area contributed by atoms with Gasteiger partial charge in [0.25, 0.3) is 0 Å². The van der Waals surface area contributed by atoms with Gasteiger partial charge in [0.15, 0.2) is 0 Å². The molecule has 2 aromatic rings. The van der Waals surface area contributed by atoms with Crippen LogP contribution < -0.4 is 0 Å². The van der Waals surface area contributed by atoms with E-state index in [1.54, 1.807) is 0 Å². The number of rotatable bonds is 3. The quantitative estimate of drug-likeness (QED) is 0.863. The number of aromatic nitrogens is 3. The normalized spacial score (nSPS) is 18.4. The van der Waals surface area contributed by atoms with E-state index in [4.69, 9.17) is 9.47 Å². The Balaban J connectivity index is 1.93. The lowest BCUT2D eigenvalue weighted by atomic mass is 10.0. The van der Waals surface area contributed by atoms with Gasteiger partial charge >= 0.3 is 0 Å². The van der Waals surface area contributed by atoms with Gasteiger partial charge in [-0.15, -0.1) is 0 Å². The van der Waals surface area contributed by atoms with Crippen LogP contribution in [0.1, 0.15) is 11.4 Å². The van der Waals surface area contributed by atoms with Crippen molar-refractivity contribution in [2.45, 2.75) is 12.2 Å². The van der Waals surface area contributed by atoms with Gasteiger partial charge in [-0.1, -0.05) is 30.3 Å². The summed E-state index contributed by atoms with van der Waals surface area (Å²) in [6, 6.07) is 9.93. The van der Waals surface area contributed by atoms with Gasteiger partial charge < -0.3 is 9.47 Å². The summed E-state index contributed by atoms with van der Waals surface area (Å²) in [6.45, 7) is 1.20. The van der Waals surface area contributed by atoms with Crippen LogP contribution >= 0.6 is 0 Å². The summed E-state index contributed by atoms with van der Waals surface area (Å²) in [5.41, 5.74) is 1.01. The molecule has 0 amide bonds. The molecule has 1 aliphatic rings. The molecule has 5 heteroatoms. The molecule has 1 N–H and O–H groups in total. The molecule has 88 valence electrons. The third-order valence-corrected chi connectivity index (χ3v) is 2.83. The average molecular weight is 231 g/mol. The van der Waals surface area contributed by atoms with E-state index in [2.05, 4.69) is 15.2 Å². The van der Waals surface area contributed by atoms with Crippen LogP contribution in [0.15, 0.2) is 36.7 Å². The molecular formula is C12H13N3O2. The highest BCUT2D eigenvalue weighted by atomic mass is 16.7. The van der Waals surface area contributed by atoms with Crippen molar-refractivity contribution in [2.24, 2.45) is 0 Å². The first-order chi connectivity index (χ1) is 8.39. The first kappa shape index (κ1) is 10.4. The van der Waals surface area contributed by atoms with Gasteiger partial charge in [-0.25, -0.2) is 4.98 Å². The number of benzene rings is 1. The standard InChI is InChI=1S/C12H13N3O2/c1-2-4-10(5-3-1)12(16-6-7-17-12)8-11-13-9-14-15-11/h1-5,9H,6-8H2,(H,13,14,15). The Morgan fingerprint density at radius 1 is 1.18 bits per heavy atom. The van der Waals surface area contributed by atoms with Crippen molar-refractivity contribution in [1.29, 1.82) is 0 Å². The van der Waals surface area contributed by atoms with Crippen molar-refractivity contribution in [2.75, 3.05) is 13.2 Å². The molecule has 0 unspecified atom stereocenters. The minimum atomic E-state index is -0.721. The number of hydrogen-bond donors (Lipinski definition) is 1. The SMILES string of the molecule is c1ccc(C2(Cc3ncn[nH]3)OCCO2)cc1. The molecule has 0 aliphatic carbocycles. The molecule has 17 heavy (non-hydrogen) atoms. The lowest BCUT2D eigenvalue weighted by molar-refractivity contribution is -0.165. The van der Waals surface area contributed by atoms with Crippen LogP contribution in [0.5, 0.6) is 0 Å². The fourth-order valence-electron chi connectivity index (χ4n) is 2.05. The van der Waals surface area contributed by atoms with E-state index < -0.39 is 5.79 Å². The molecule has 1 saturated heterocycles. The highest BCUT2D eigenvalue weighted by Crippen LogP contribution is 2.33. The molecule has 5 nitrogen and oxygen atoms in total. The summed E-state index contributed by atoms with van der Waals surface area (Å²) in [4.78, 5) is 4.12. The van der Waals surface area contributed by atoms with Crippen LogP contribution in [0.3, 0.4) is 0 Å².